The zero-order valence-electron chi connectivity index (χ0n) is 25.5. The Morgan fingerprint density at radius 2 is 1.36 bits per heavy atom. The fourth-order valence-corrected chi connectivity index (χ4v) is 5.91. The van der Waals surface area contributed by atoms with E-state index in [0.717, 1.165) is 21.9 Å². The molecule has 0 radical (unpaired) electrons. The minimum atomic E-state index is -4.17. The van der Waals surface area contributed by atoms with Gasteiger partial charge in [0.1, 0.15) is 24.1 Å². The summed E-state index contributed by atoms with van der Waals surface area (Å²) >= 11 is 0. The van der Waals surface area contributed by atoms with Gasteiger partial charge in [-0.3, -0.25) is 13.9 Å². The highest BCUT2D eigenvalue weighted by molar-refractivity contribution is 7.92. The maximum atomic E-state index is 14.1. The maximum absolute atomic E-state index is 14.1. The van der Waals surface area contributed by atoms with E-state index in [1.165, 1.54) is 17.0 Å². The Morgan fingerprint density at radius 1 is 0.795 bits per heavy atom. The molecule has 0 saturated heterocycles. The van der Waals surface area contributed by atoms with Crippen LogP contribution in [0.15, 0.2) is 114 Å². The Kier molecular flexibility index (Phi) is 10.8. The molecule has 0 bridgehead atoms. The number of hydrogen-bond donors (Lipinski definition) is 1. The molecule has 9 heteroatoms. The molecule has 44 heavy (non-hydrogen) atoms. The van der Waals surface area contributed by atoms with Crippen LogP contribution in [0.5, 0.6) is 11.5 Å². The van der Waals surface area contributed by atoms with E-state index < -0.39 is 28.5 Å². The fraction of sp³-hybridized carbons (Fsp3) is 0.257. The van der Waals surface area contributed by atoms with Crippen molar-refractivity contribution in [1.82, 2.24) is 10.2 Å². The average molecular weight is 614 g/mol. The van der Waals surface area contributed by atoms with Crippen molar-refractivity contribution < 1.29 is 22.7 Å². The lowest BCUT2D eigenvalue weighted by Gasteiger charge is -2.32. The summed E-state index contributed by atoms with van der Waals surface area (Å²) in [5.74, 6) is 0.334. The van der Waals surface area contributed by atoms with E-state index in [1.807, 2.05) is 81.4 Å². The lowest BCUT2D eigenvalue weighted by atomic mass is 10.1. The number of aryl methyl sites for hydroxylation is 1. The molecule has 0 aromatic heterocycles. The smallest absolute Gasteiger partial charge is 0.264 e. The molecule has 4 rings (SSSR count). The van der Waals surface area contributed by atoms with Crippen molar-refractivity contribution in [3.63, 3.8) is 0 Å². The highest BCUT2D eigenvalue weighted by Gasteiger charge is 2.32. The van der Waals surface area contributed by atoms with E-state index in [2.05, 4.69) is 5.32 Å². The molecular formula is C35H39N3O5S. The van der Waals surface area contributed by atoms with Gasteiger partial charge in [-0.05, 0) is 81.3 Å². The van der Waals surface area contributed by atoms with Gasteiger partial charge in [-0.25, -0.2) is 8.42 Å². The molecule has 2 atom stereocenters. The van der Waals surface area contributed by atoms with Crippen LogP contribution in [0.4, 0.5) is 5.69 Å². The van der Waals surface area contributed by atoms with Crippen LogP contribution < -0.4 is 14.4 Å². The van der Waals surface area contributed by atoms with Crippen molar-refractivity contribution >= 4 is 27.5 Å². The number of anilines is 1. The summed E-state index contributed by atoms with van der Waals surface area (Å²) in [6.07, 6.45) is 0.734. The molecule has 4 aromatic rings. The molecule has 0 unspecified atom stereocenters. The molecule has 230 valence electrons. The van der Waals surface area contributed by atoms with Crippen molar-refractivity contribution in [1.29, 1.82) is 0 Å². The highest BCUT2D eigenvalue weighted by atomic mass is 32.2. The third-order valence-corrected chi connectivity index (χ3v) is 9.14. The molecule has 0 aliphatic carbocycles. The van der Waals surface area contributed by atoms with E-state index in [4.69, 9.17) is 4.74 Å². The number of sulfonamides is 1. The van der Waals surface area contributed by atoms with Crippen molar-refractivity contribution in [3.8, 4) is 11.5 Å². The van der Waals surface area contributed by atoms with Gasteiger partial charge >= 0.3 is 0 Å². The summed E-state index contributed by atoms with van der Waals surface area (Å²) in [7, 11) is -4.17. The number of carbonyl (C=O) groups is 2. The largest absolute Gasteiger partial charge is 0.457 e. The van der Waals surface area contributed by atoms with Gasteiger partial charge in [-0.15, -0.1) is 0 Å². The fourth-order valence-electron chi connectivity index (χ4n) is 4.50. The van der Waals surface area contributed by atoms with E-state index in [1.54, 1.807) is 43.3 Å². The van der Waals surface area contributed by atoms with Crippen LogP contribution in [0, 0.1) is 6.92 Å². The zero-order chi connectivity index (χ0) is 31.7. The van der Waals surface area contributed by atoms with Gasteiger partial charge in [-0.1, -0.05) is 73.2 Å². The molecule has 0 aliphatic rings. The number of benzene rings is 4. The summed E-state index contributed by atoms with van der Waals surface area (Å²) in [5, 5.41) is 2.94. The number of hydrogen-bond acceptors (Lipinski definition) is 5. The Morgan fingerprint density at radius 3 is 1.95 bits per heavy atom. The third kappa shape index (κ3) is 8.26. The van der Waals surface area contributed by atoms with Crippen LogP contribution in [0.25, 0.3) is 0 Å². The molecule has 0 spiro atoms. The first-order chi connectivity index (χ1) is 21.1. The first-order valence-corrected chi connectivity index (χ1v) is 16.1. The van der Waals surface area contributed by atoms with Gasteiger partial charge in [0, 0.05) is 12.6 Å². The topological polar surface area (TPSA) is 96.0 Å². The predicted molar refractivity (Wildman–Crippen MR) is 173 cm³/mol. The zero-order valence-corrected chi connectivity index (χ0v) is 26.3. The van der Waals surface area contributed by atoms with Crippen molar-refractivity contribution in [2.75, 3.05) is 10.8 Å². The summed E-state index contributed by atoms with van der Waals surface area (Å²) in [6.45, 7) is 7.02. The van der Waals surface area contributed by atoms with Crippen LogP contribution in [0.1, 0.15) is 38.3 Å². The molecule has 1 N–H and O–H groups in total. The molecule has 4 aromatic carbocycles. The van der Waals surface area contributed by atoms with Crippen LogP contribution in [0.2, 0.25) is 0 Å². The molecule has 8 nitrogen and oxygen atoms in total. The van der Waals surface area contributed by atoms with Gasteiger partial charge in [0.25, 0.3) is 10.0 Å². The molecule has 0 fully saturated rings. The quantitative estimate of drug-likeness (QED) is 0.191. The van der Waals surface area contributed by atoms with Crippen LogP contribution in [-0.2, 0) is 26.2 Å². The number of nitrogens with one attached hydrogen (secondary N) is 1. The van der Waals surface area contributed by atoms with Crippen molar-refractivity contribution in [3.05, 3.63) is 120 Å². The van der Waals surface area contributed by atoms with E-state index in [0.29, 0.717) is 11.5 Å². The highest BCUT2D eigenvalue weighted by Crippen LogP contribution is 2.28. The number of para-hydroxylation sites is 1. The lowest BCUT2D eigenvalue weighted by Crippen LogP contribution is -2.52. The monoisotopic (exact) mass is 613 g/mol. The predicted octanol–water partition coefficient (Wildman–Crippen LogP) is 6.31. The summed E-state index contributed by atoms with van der Waals surface area (Å²) in [5.41, 5.74) is 2.01. The third-order valence-electron chi connectivity index (χ3n) is 7.36. The Bertz CT molecular complexity index is 1630. The summed E-state index contributed by atoms with van der Waals surface area (Å²) < 4.78 is 35.1. The standard InChI is InChI=1S/C35H39N3O5S/c1-5-27(3)36-35(40)28(4)37(24-29-12-8-6-9-13-29)34(39)25-38(44(41,42)33-22-16-26(2)17-23-33)30-18-20-32(21-19-30)43-31-14-10-7-11-15-31/h6-23,27-28H,5,24-25H2,1-4H3,(H,36,40)/t27-,28+/m0/s1. The van der Waals surface area contributed by atoms with Gasteiger partial charge < -0.3 is 15.0 Å². The molecule has 0 aliphatic heterocycles. The molecular weight excluding hydrogens is 574 g/mol. The van der Waals surface area contributed by atoms with Gasteiger partial charge in [0.2, 0.25) is 11.8 Å². The van der Waals surface area contributed by atoms with Gasteiger partial charge in [-0.2, -0.15) is 0 Å². The maximum Gasteiger partial charge on any atom is 0.264 e. The summed E-state index contributed by atoms with van der Waals surface area (Å²) in [4.78, 5) is 28.8. The number of nitrogens with zero attached hydrogens (tertiary/aromatic N) is 2. The van der Waals surface area contributed by atoms with Gasteiger partial charge in [0.15, 0.2) is 0 Å². The Hall–Kier alpha value is -4.63. The number of ether oxygens (including phenoxy) is 1. The minimum absolute atomic E-state index is 0.0534. The molecule has 0 saturated carbocycles. The molecule has 0 heterocycles. The summed E-state index contributed by atoms with van der Waals surface area (Å²) in [6, 6.07) is 30.7. The average Bonchev–Trinajstić information content (AvgIpc) is 3.03. The van der Waals surface area contributed by atoms with Crippen LogP contribution >= 0.6 is 0 Å². The number of rotatable bonds is 13. The van der Waals surface area contributed by atoms with Crippen molar-refractivity contribution in [2.45, 2.75) is 57.6 Å². The first-order valence-electron chi connectivity index (χ1n) is 14.6. The van der Waals surface area contributed by atoms with E-state index in [-0.39, 0.29) is 29.1 Å². The van der Waals surface area contributed by atoms with E-state index in [9.17, 15) is 18.0 Å². The van der Waals surface area contributed by atoms with Crippen LogP contribution in [-0.4, -0.2) is 43.8 Å². The number of amides is 2. The Labute approximate surface area is 260 Å². The first kappa shape index (κ1) is 32.3. The second-order valence-electron chi connectivity index (χ2n) is 10.7. The SMILES string of the molecule is CC[C@H](C)NC(=O)[C@@H](C)N(Cc1ccccc1)C(=O)CN(c1ccc(Oc2ccccc2)cc1)S(=O)(=O)c1ccc(C)cc1. The lowest BCUT2D eigenvalue weighted by molar-refractivity contribution is -0.139. The van der Waals surface area contributed by atoms with Crippen molar-refractivity contribution in [2.24, 2.45) is 0 Å². The number of carbonyl (C=O) groups excluding carboxylic acids is 2. The Balaban J connectivity index is 1.69. The van der Waals surface area contributed by atoms with Crippen LogP contribution in [0.3, 0.4) is 0 Å². The minimum Gasteiger partial charge on any atom is -0.457 e. The second-order valence-corrected chi connectivity index (χ2v) is 12.6. The van der Waals surface area contributed by atoms with Gasteiger partial charge in [0.05, 0.1) is 10.6 Å². The van der Waals surface area contributed by atoms with E-state index >= 15 is 0 Å². The second kappa shape index (κ2) is 14.7. The normalized spacial score (nSPS) is 12.5. The molecule has 2 amide bonds.